The molecule has 0 fully saturated rings. The van der Waals surface area contributed by atoms with Gasteiger partial charge < -0.3 is 10.5 Å². The van der Waals surface area contributed by atoms with Crippen LogP contribution in [-0.2, 0) is 19.1 Å². The number of nitrogens with two attached hydrogens (primary N) is 1. The molecule has 80 valence electrons. The number of rotatable bonds is 3. The molecule has 0 heterocycles. The molecule has 5 heteroatoms. The van der Waals surface area contributed by atoms with Gasteiger partial charge in [-0.3, -0.25) is 14.4 Å². The number of hydrogen-bond acceptors (Lipinski definition) is 5. The molecule has 0 saturated carbocycles. The molecule has 0 aromatic heterocycles. The topological polar surface area (TPSA) is 86.5 Å². The monoisotopic (exact) mass is 209 g/mol. The molecule has 0 unspecified atom stereocenters. The summed E-state index contributed by atoms with van der Waals surface area (Å²) in [5, 5.41) is 0. The van der Waals surface area contributed by atoms with Crippen molar-refractivity contribution in [2.75, 3.05) is 7.11 Å². The Morgan fingerprint density at radius 3 is 2.60 bits per heavy atom. The summed E-state index contributed by atoms with van der Waals surface area (Å²) in [6.45, 7) is 0. The van der Waals surface area contributed by atoms with Crippen LogP contribution >= 0.6 is 0 Å². The molecule has 0 aromatic rings. The van der Waals surface area contributed by atoms with Gasteiger partial charge in [-0.25, -0.2) is 0 Å². The predicted octanol–water partition coefficient (Wildman–Crippen LogP) is -0.489. The molecule has 2 N–H and O–H groups in total. The van der Waals surface area contributed by atoms with Gasteiger partial charge in [0, 0.05) is 0 Å². The molecule has 1 aliphatic rings. The average molecular weight is 209 g/mol. The van der Waals surface area contributed by atoms with E-state index in [1.54, 1.807) is 0 Å². The average Bonchev–Trinajstić information content (AvgIpc) is 2.22. The Morgan fingerprint density at radius 1 is 1.40 bits per heavy atom. The molecule has 0 radical (unpaired) electrons. The van der Waals surface area contributed by atoms with Gasteiger partial charge in [0.2, 0.25) is 11.6 Å². The van der Waals surface area contributed by atoms with Crippen LogP contribution in [0.4, 0.5) is 0 Å². The Bertz CT molecular complexity index is 368. The third kappa shape index (κ3) is 2.85. The zero-order chi connectivity index (χ0) is 11.4. The maximum Gasteiger partial charge on any atom is 0.322 e. The van der Waals surface area contributed by atoms with Crippen molar-refractivity contribution in [2.45, 2.75) is 12.5 Å². The van der Waals surface area contributed by atoms with Gasteiger partial charge >= 0.3 is 5.97 Å². The highest BCUT2D eigenvalue weighted by Gasteiger charge is 2.18. The summed E-state index contributed by atoms with van der Waals surface area (Å²) in [5.74, 6) is -1.70. The van der Waals surface area contributed by atoms with Crippen molar-refractivity contribution in [1.82, 2.24) is 0 Å². The van der Waals surface area contributed by atoms with Gasteiger partial charge in [0.1, 0.15) is 6.04 Å². The van der Waals surface area contributed by atoms with Crippen LogP contribution in [0, 0.1) is 0 Å². The largest absolute Gasteiger partial charge is 0.468 e. The lowest BCUT2D eigenvalue weighted by Gasteiger charge is -2.10. The second-order valence-electron chi connectivity index (χ2n) is 3.11. The molecule has 0 aromatic carbocycles. The summed E-state index contributed by atoms with van der Waals surface area (Å²) in [6, 6.07) is -0.813. The summed E-state index contributed by atoms with van der Waals surface area (Å²) in [6.07, 6.45) is 4.02. The van der Waals surface area contributed by atoms with Crippen LogP contribution in [0.2, 0.25) is 0 Å². The molecule has 1 aliphatic carbocycles. The van der Waals surface area contributed by atoms with E-state index in [2.05, 4.69) is 4.74 Å². The first kappa shape index (κ1) is 11.3. The number of ether oxygens (including phenoxy) is 1. The highest BCUT2D eigenvalue weighted by atomic mass is 16.5. The first-order chi connectivity index (χ1) is 7.04. The van der Waals surface area contributed by atoms with Crippen LogP contribution in [0.1, 0.15) is 6.42 Å². The molecule has 5 nitrogen and oxygen atoms in total. The molecule has 15 heavy (non-hydrogen) atoms. The summed E-state index contributed by atoms with van der Waals surface area (Å²) in [7, 11) is 1.24. The summed E-state index contributed by atoms with van der Waals surface area (Å²) >= 11 is 0. The van der Waals surface area contributed by atoms with Crippen LogP contribution in [-0.4, -0.2) is 30.7 Å². The van der Waals surface area contributed by atoms with E-state index in [9.17, 15) is 14.4 Å². The lowest BCUT2D eigenvalue weighted by atomic mass is 9.99. The Labute approximate surface area is 86.6 Å². The van der Waals surface area contributed by atoms with Crippen molar-refractivity contribution < 1.29 is 19.1 Å². The van der Waals surface area contributed by atoms with Crippen molar-refractivity contribution in [2.24, 2.45) is 5.73 Å². The Kier molecular flexibility index (Phi) is 3.51. The van der Waals surface area contributed by atoms with E-state index < -0.39 is 23.6 Å². The van der Waals surface area contributed by atoms with Crippen molar-refractivity contribution in [3.8, 4) is 0 Å². The lowest BCUT2D eigenvalue weighted by molar-refractivity contribution is -0.142. The van der Waals surface area contributed by atoms with E-state index in [-0.39, 0.29) is 6.42 Å². The van der Waals surface area contributed by atoms with E-state index in [1.165, 1.54) is 25.3 Å². The fourth-order valence-corrected chi connectivity index (χ4v) is 1.17. The summed E-state index contributed by atoms with van der Waals surface area (Å²) < 4.78 is 4.43. The molecule has 0 saturated heterocycles. The van der Waals surface area contributed by atoms with Gasteiger partial charge in [-0.2, -0.15) is 0 Å². The van der Waals surface area contributed by atoms with Crippen molar-refractivity contribution >= 4 is 17.5 Å². The molecular weight excluding hydrogens is 198 g/mol. The number of carbonyl (C=O) groups is 3. The maximum atomic E-state index is 11.0. The van der Waals surface area contributed by atoms with Gasteiger partial charge in [0.15, 0.2) is 0 Å². The predicted molar refractivity (Wildman–Crippen MR) is 51.8 cm³/mol. The van der Waals surface area contributed by atoms with Crippen LogP contribution in [0.5, 0.6) is 0 Å². The molecular formula is C10H11NO4. The quantitative estimate of drug-likeness (QED) is 0.385. The maximum absolute atomic E-state index is 11.0. The number of carbonyl (C=O) groups excluding carboxylic acids is 3. The van der Waals surface area contributed by atoms with Gasteiger partial charge in [-0.1, -0.05) is 6.08 Å². The number of ketones is 2. The number of esters is 1. The Hall–Kier alpha value is -1.75. The highest BCUT2D eigenvalue weighted by molar-refractivity contribution is 6.46. The molecule has 0 bridgehead atoms. The second kappa shape index (κ2) is 4.65. The van der Waals surface area contributed by atoms with Gasteiger partial charge in [-0.05, 0) is 24.1 Å². The third-order valence-electron chi connectivity index (χ3n) is 1.97. The minimum atomic E-state index is -0.813. The van der Waals surface area contributed by atoms with Crippen LogP contribution < -0.4 is 5.73 Å². The Morgan fingerprint density at radius 2 is 2.07 bits per heavy atom. The number of hydrogen-bond donors (Lipinski definition) is 1. The van der Waals surface area contributed by atoms with Gasteiger partial charge in [-0.15, -0.1) is 0 Å². The SMILES string of the molecule is COC(=O)[C@@H](N)CC1=CC(=O)C(=O)C=C1. The normalized spacial score (nSPS) is 17.3. The Balaban J connectivity index is 2.65. The summed E-state index contributed by atoms with van der Waals surface area (Å²) in [5.41, 5.74) is 6.05. The standard InChI is InChI=1S/C10H11NO4/c1-15-10(14)7(11)4-6-2-3-8(12)9(13)5-6/h2-3,5,7H,4,11H2,1H3/t7-/m0/s1. The van der Waals surface area contributed by atoms with E-state index >= 15 is 0 Å². The van der Waals surface area contributed by atoms with E-state index in [4.69, 9.17) is 5.73 Å². The van der Waals surface area contributed by atoms with E-state index in [0.717, 1.165) is 0 Å². The second-order valence-corrected chi connectivity index (χ2v) is 3.11. The minimum absolute atomic E-state index is 0.183. The van der Waals surface area contributed by atoms with Crippen molar-refractivity contribution in [1.29, 1.82) is 0 Å². The first-order valence-corrected chi connectivity index (χ1v) is 4.35. The zero-order valence-corrected chi connectivity index (χ0v) is 8.23. The fourth-order valence-electron chi connectivity index (χ4n) is 1.17. The number of allylic oxidation sites excluding steroid dienone is 3. The van der Waals surface area contributed by atoms with Crippen LogP contribution in [0.15, 0.2) is 23.8 Å². The van der Waals surface area contributed by atoms with Crippen LogP contribution in [0.25, 0.3) is 0 Å². The fraction of sp³-hybridized carbons (Fsp3) is 0.300. The molecule has 0 spiro atoms. The minimum Gasteiger partial charge on any atom is -0.468 e. The third-order valence-corrected chi connectivity index (χ3v) is 1.97. The van der Waals surface area contributed by atoms with E-state index in [0.29, 0.717) is 5.57 Å². The van der Waals surface area contributed by atoms with Crippen molar-refractivity contribution in [3.63, 3.8) is 0 Å². The summed E-state index contributed by atoms with van der Waals surface area (Å²) in [4.78, 5) is 32.8. The van der Waals surface area contributed by atoms with Gasteiger partial charge in [0.25, 0.3) is 0 Å². The van der Waals surface area contributed by atoms with Crippen molar-refractivity contribution in [3.05, 3.63) is 23.8 Å². The molecule has 0 amide bonds. The van der Waals surface area contributed by atoms with E-state index in [1.807, 2.05) is 0 Å². The van der Waals surface area contributed by atoms with Crippen LogP contribution in [0.3, 0.4) is 0 Å². The highest BCUT2D eigenvalue weighted by Crippen LogP contribution is 2.11. The first-order valence-electron chi connectivity index (χ1n) is 4.35. The number of methoxy groups -OCH3 is 1. The molecule has 0 aliphatic heterocycles. The zero-order valence-electron chi connectivity index (χ0n) is 8.23. The lowest BCUT2D eigenvalue weighted by Crippen LogP contribution is -2.32. The molecule has 1 atom stereocenters. The smallest absolute Gasteiger partial charge is 0.322 e. The molecule has 1 rings (SSSR count). The van der Waals surface area contributed by atoms with Gasteiger partial charge in [0.05, 0.1) is 7.11 Å².